The van der Waals surface area contributed by atoms with Crippen LogP contribution in [0.15, 0.2) is 33.4 Å². The molecule has 19 heavy (non-hydrogen) atoms. The van der Waals surface area contributed by atoms with Gasteiger partial charge in [0.2, 0.25) is 0 Å². The minimum Gasteiger partial charge on any atom is -0.465 e. The largest absolute Gasteiger partial charge is 0.465 e. The lowest BCUT2D eigenvalue weighted by molar-refractivity contribution is -0.384. The third-order valence-electron chi connectivity index (χ3n) is 2.48. The molecule has 1 heterocycles. The predicted molar refractivity (Wildman–Crippen MR) is 75.4 cm³/mol. The molecule has 0 atom stereocenters. The fraction of sp³-hybridized carbons (Fsp3) is 0.0833. The summed E-state index contributed by atoms with van der Waals surface area (Å²) >= 11 is 4.83. The van der Waals surface area contributed by atoms with Gasteiger partial charge in [0.25, 0.3) is 5.69 Å². The molecule has 7 heteroatoms. The molecule has 98 valence electrons. The van der Waals surface area contributed by atoms with E-state index in [1.807, 2.05) is 10.8 Å². The monoisotopic (exact) mass is 341 g/mol. The number of carbonyl (C=O) groups is 1. The van der Waals surface area contributed by atoms with E-state index in [9.17, 15) is 14.9 Å². The highest BCUT2D eigenvalue weighted by atomic mass is 79.9. The van der Waals surface area contributed by atoms with E-state index in [2.05, 4.69) is 20.7 Å². The first kappa shape index (κ1) is 13.7. The van der Waals surface area contributed by atoms with Gasteiger partial charge in [0.15, 0.2) is 0 Å². The number of thiophene rings is 1. The standard InChI is InChI=1S/C12H8BrNO4S/c1-18-12(15)8-2-7(3-9(4-8)14(16)17)10-5-19-6-11(10)13/h2-6H,1H3. The van der Waals surface area contributed by atoms with Gasteiger partial charge in [0.1, 0.15) is 0 Å². The van der Waals surface area contributed by atoms with E-state index in [0.717, 1.165) is 10.0 Å². The van der Waals surface area contributed by atoms with Crippen LogP contribution in [0.2, 0.25) is 0 Å². The van der Waals surface area contributed by atoms with Crippen LogP contribution in [0.1, 0.15) is 10.4 Å². The van der Waals surface area contributed by atoms with E-state index in [4.69, 9.17) is 0 Å². The Labute approximate surface area is 121 Å². The average Bonchev–Trinajstić information content (AvgIpc) is 2.83. The first-order valence-electron chi connectivity index (χ1n) is 5.13. The lowest BCUT2D eigenvalue weighted by Crippen LogP contribution is -2.02. The number of nitrogens with zero attached hydrogens (tertiary/aromatic N) is 1. The Morgan fingerprint density at radius 2 is 2.11 bits per heavy atom. The van der Waals surface area contributed by atoms with E-state index in [1.165, 1.54) is 30.6 Å². The van der Waals surface area contributed by atoms with E-state index < -0.39 is 10.9 Å². The van der Waals surface area contributed by atoms with Crippen molar-refractivity contribution in [3.8, 4) is 11.1 Å². The van der Waals surface area contributed by atoms with Crippen molar-refractivity contribution in [2.45, 2.75) is 0 Å². The predicted octanol–water partition coefficient (Wildman–Crippen LogP) is 3.87. The number of nitro groups is 1. The minimum atomic E-state index is -0.601. The average molecular weight is 342 g/mol. The molecule has 0 spiro atoms. The lowest BCUT2D eigenvalue weighted by atomic mass is 10.0. The van der Waals surface area contributed by atoms with Crippen molar-refractivity contribution < 1.29 is 14.5 Å². The number of non-ortho nitro benzene ring substituents is 1. The van der Waals surface area contributed by atoms with E-state index in [-0.39, 0.29) is 11.3 Å². The zero-order chi connectivity index (χ0) is 14.0. The number of methoxy groups -OCH3 is 1. The Hall–Kier alpha value is -1.73. The SMILES string of the molecule is COC(=O)c1cc(-c2cscc2Br)cc([N+](=O)[O-])c1. The second kappa shape index (κ2) is 5.50. The van der Waals surface area contributed by atoms with Crippen LogP contribution >= 0.6 is 27.3 Å². The quantitative estimate of drug-likeness (QED) is 0.482. The topological polar surface area (TPSA) is 69.4 Å². The summed E-state index contributed by atoms with van der Waals surface area (Å²) in [5.41, 5.74) is 1.42. The number of ether oxygens (including phenoxy) is 1. The maximum absolute atomic E-state index is 11.5. The Morgan fingerprint density at radius 3 is 2.63 bits per heavy atom. The first-order chi connectivity index (χ1) is 9.02. The molecule has 1 aromatic carbocycles. The number of hydrogen-bond donors (Lipinski definition) is 0. The fourth-order valence-corrected chi connectivity index (χ4v) is 3.13. The van der Waals surface area contributed by atoms with Gasteiger partial charge in [0, 0.05) is 27.5 Å². The summed E-state index contributed by atoms with van der Waals surface area (Å²) in [7, 11) is 1.24. The van der Waals surface area contributed by atoms with Crippen LogP contribution in [0.3, 0.4) is 0 Å². The maximum Gasteiger partial charge on any atom is 0.338 e. The summed E-state index contributed by atoms with van der Waals surface area (Å²) in [5.74, 6) is -0.601. The van der Waals surface area contributed by atoms with E-state index in [0.29, 0.717) is 5.56 Å². The van der Waals surface area contributed by atoms with Gasteiger partial charge in [-0.25, -0.2) is 4.79 Å². The normalized spacial score (nSPS) is 10.2. The van der Waals surface area contributed by atoms with Crippen molar-refractivity contribution in [3.63, 3.8) is 0 Å². The van der Waals surface area contributed by atoms with Crippen molar-refractivity contribution in [1.29, 1.82) is 0 Å². The molecule has 0 amide bonds. The van der Waals surface area contributed by atoms with Crippen molar-refractivity contribution in [1.82, 2.24) is 0 Å². The summed E-state index contributed by atoms with van der Waals surface area (Å²) < 4.78 is 5.43. The highest BCUT2D eigenvalue weighted by Crippen LogP contribution is 2.34. The highest BCUT2D eigenvalue weighted by Gasteiger charge is 2.17. The van der Waals surface area contributed by atoms with Crippen molar-refractivity contribution in [3.05, 3.63) is 49.1 Å². The molecule has 0 saturated carbocycles. The van der Waals surface area contributed by atoms with Crippen molar-refractivity contribution >= 4 is 38.9 Å². The molecule has 2 rings (SSSR count). The Balaban J connectivity index is 2.61. The number of hydrogen-bond acceptors (Lipinski definition) is 5. The third kappa shape index (κ3) is 2.82. The molecular formula is C12H8BrNO4S. The van der Waals surface area contributed by atoms with Crippen LogP contribution in [-0.4, -0.2) is 18.0 Å². The van der Waals surface area contributed by atoms with E-state index >= 15 is 0 Å². The Bertz CT molecular complexity index is 653. The Kier molecular flexibility index (Phi) is 3.96. The molecule has 0 saturated heterocycles. The van der Waals surface area contributed by atoms with Crippen LogP contribution in [-0.2, 0) is 4.74 Å². The number of rotatable bonds is 3. The molecule has 0 aliphatic heterocycles. The van der Waals surface area contributed by atoms with Crippen LogP contribution in [0.5, 0.6) is 0 Å². The smallest absolute Gasteiger partial charge is 0.338 e. The minimum absolute atomic E-state index is 0.143. The highest BCUT2D eigenvalue weighted by molar-refractivity contribution is 9.10. The van der Waals surface area contributed by atoms with Gasteiger partial charge in [-0.2, -0.15) is 11.3 Å². The van der Waals surface area contributed by atoms with Crippen LogP contribution < -0.4 is 0 Å². The van der Waals surface area contributed by atoms with Crippen molar-refractivity contribution in [2.24, 2.45) is 0 Å². The number of nitro benzene ring substituents is 1. The van der Waals surface area contributed by atoms with Gasteiger partial charge in [0.05, 0.1) is 17.6 Å². The summed E-state index contributed by atoms with van der Waals surface area (Å²) in [5, 5.41) is 14.6. The molecule has 0 aliphatic carbocycles. The van der Waals surface area contributed by atoms with Gasteiger partial charge in [-0.3, -0.25) is 10.1 Å². The molecule has 0 fully saturated rings. The summed E-state index contributed by atoms with van der Waals surface area (Å²) in [4.78, 5) is 21.9. The third-order valence-corrected chi connectivity index (χ3v) is 4.18. The molecule has 0 N–H and O–H groups in total. The number of halogens is 1. The maximum atomic E-state index is 11.5. The molecule has 1 aromatic heterocycles. The second-order valence-corrected chi connectivity index (χ2v) is 5.25. The van der Waals surface area contributed by atoms with Crippen LogP contribution in [0, 0.1) is 10.1 Å². The molecule has 0 aliphatic rings. The van der Waals surface area contributed by atoms with E-state index in [1.54, 1.807) is 6.07 Å². The van der Waals surface area contributed by atoms with Gasteiger partial charge < -0.3 is 4.74 Å². The lowest BCUT2D eigenvalue weighted by Gasteiger charge is -2.04. The zero-order valence-corrected chi connectivity index (χ0v) is 12.2. The van der Waals surface area contributed by atoms with Gasteiger partial charge in [-0.1, -0.05) is 0 Å². The number of esters is 1. The summed E-state index contributed by atoms with van der Waals surface area (Å²) in [6, 6.07) is 4.21. The fourth-order valence-electron chi connectivity index (χ4n) is 1.60. The van der Waals surface area contributed by atoms with Gasteiger partial charge in [-0.15, -0.1) is 0 Å². The summed E-state index contributed by atoms with van der Waals surface area (Å²) in [6.45, 7) is 0. The summed E-state index contributed by atoms with van der Waals surface area (Å²) in [6.07, 6.45) is 0. The van der Waals surface area contributed by atoms with Gasteiger partial charge in [-0.05, 0) is 32.9 Å². The second-order valence-electron chi connectivity index (χ2n) is 3.65. The van der Waals surface area contributed by atoms with Crippen LogP contribution in [0.25, 0.3) is 11.1 Å². The first-order valence-corrected chi connectivity index (χ1v) is 6.86. The molecule has 0 radical (unpaired) electrons. The molecule has 2 aromatic rings. The molecular weight excluding hydrogens is 334 g/mol. The van der Waals surface area contributed by atoms with Crippen LogP contribution in [0.4, 0.5) is 5.69 Å². The molecule has 0 unspecified atom stereocenters. The molecule has 5 nitrogen and oxygen atoms in total. The number of benzene rings is 1. The van der Waals surface area contributed by atoms with Gasteiger partial charge >= 0.3 is 5.97 Å². The molecule has 0 bridgehead atoms. The Morgan fingerprint density at radius 1 is 1.37 bits per heavy atom. The van der Waals surface area contributed by atoms with Crippen molar-refractivity contribution in [2.75, 3.05) is 7.11 Å². The number of carbonyl (C=O) groups excluding carboxylic acids is 1. The zero-order valence-electron chi connectivity index (χ0n) is 9.75.